The number of benzene rings is 3. The van der Waals surface area contributed by atoms with E-state index in [4.69, 9.17) is 5.84 Å². The Balaban J connectivity index is 1.76. The fourth-order valence-corrected chi connectivity index (χ4v) is 2.58. The predicted octanol–water partition coefficient (Wildman–Crippen LogP) is 4.17. The monoisotopic (exact) mass is 360 g/mol. The molecule has 27 heavy (non-hydrogen) atoms. The van der Waals surface area contributed by atoms with Crippen molar-refractivity contribution < 1.29 is 9.59 Å². The third-order valence-electron chi connectivity index (χ3n) is 3.94. The van der Waals surface area contributed by atoms with E-state index >= 15 is 0 Å². The van der Waals surface area contributed by atoms with Gasteiger partial charge in [-0.3, -0.25) is 4.79 Å². The molecule has 0 aliphatic heterocycles. The van der Waals surface area contributed by atoms with Gasteiger partial charge >= 0.3 is 11.9 Å². The number of urea groups is 1. The lowest BCUT2D eigenvalue weighted by Gasteiger charge is -2.19. The van der Waals surface area contributed by atoms with Crippen LogP contribution in [0.3, 0.4) is 0 Å². The lowest BCUT2D eigenvalue weighted by atomic mass is 10.1. The molecule has 0 heterocycles. The van der Waals surface area contributed by atoms with Crippen molar-refractivity contribution in [3.05, 3.63) is 89.3 Å². The van der Waals surface area contributed by atoms with E-state index in [0.29, 0.717) is 5.69 Å². The first kappa shape index (κ1) is 18.0. The van der Waals surface area contributed by atoms with Crippen molar-refractivity contribution in [3.63, 3.8) is 0 Å². The molecule has 7 nitrogen and oxygen atoms in total. The molecule has 0 saturated heterocycles. The molecule has 3 rings (SSSR count). The summed E-state index contributed by atoms with van der Waals surface area (Å²) in [6, 6.07) is 22.4. The Morgan fingerprint density at radius 3 is 2.07 bits per heavy atom. The number of anilines is 2. The molecular weight excluding hydrogens is 344 g/mol. The Hall–Kier alpha value is -3.84. The first-order chi connectivity index (χ1) is 13.1. The van der Waals surface area contributed by atoms with E-state index in [1.165, 1.54) is 12.1 Å². The largest absolute Gasteiger partial charge is 0.340 e. The third-order valence-corrected chi connectivity index (χ3v) is 3.94. The summed E-state index contributed by atoms with van der Waals surface area (Å²) < 4.78 is 0. The molecule has 0 atom stereocenters. The molecule has 0 aliphatic carbocycles. The maximum atomic E-state index is 12.4. The quantitative estimate of drug-likeness (QED) is 0.315. The van der Waals surface area contributed by atoms with Gasteiger partial charge in [0.1, 0.15) is 0 Å². The minimum absolute atomic E-state index is 0.0513. The van der Waals surface area contributed by atoms with Crippen LogP contribution in [0.5, 0.6) is 0 Å². The minimum Gasteiger partial charge on any atom is -0.306 e. The lowest BCUT2D eigenvalue weighted by Crippen LogP contribution is -2.41. The second-order valence-electron chi connectivity index (χ2n) is 5.66. The van der Waals surface area contributed by atoms with Crippen LogP contribution < -0.4 is 16.2 Å². The SMILES string of the molecule is NN(C(=O)Nc1ccc(-c2ccccc2)cc1)c1ccccc1C(=O)N=O. The standard InChI is InChI=1S/C20H16N4O3/c21-24(18-9-5-4-8-17(18)19(25)23-27)20(26)22-16-12-10-15(11-13-16)14-6-2-1-3-7-14/h1-13H,21H2,(H,22,26). The maximum absolute atomic E-state index is 12.4. The first-order valence-corrected chi connectivity index (χ1v) is 8.08. The molecule has 3 amide bonds. The highest BCUT2D eigenvalue weighted by Gasteiger charge is 2.19. The number of hydrogen-bond donors (Lipinski definition) is 2. The zero-order valence-electron chi connectivity index (χ0n) is 14.2. The Morgan fingerprint density at radius 1 is 0.815 bits per heavy atom. The molecule has 3 aromatic carbocycles. The van der Waals surface area contributed by atoms with Gasteiger partial charge < -0.3 is 5.32 Å². The summed E-state index contributed by atoms with van der Waals surface area (Å²) in [5, 5.41) is 5.79. The number of nitrogens with zero attached hydrogens (tertiary/aromatic N) is 2. The number of nitroso groups, excluding NO2 is 1. The van der Waals surface area contributed by atoms with Crippen LogP contribution in [-0.4, -0.2) is 11.9 Å². The van der Waals surface area contributed by atoms with Gasteiger partial charge in [0.25, 0.3) is 0 Å². The van der Waals surface area contributed by atoms with Crippen molar-refractivity contribution in [1.82, 2.24) is 0 Å². The molecule has 0 aliphatic rings. The average Bonchev–Trinajstić information content (AvgIpc) is 2.73. The van der Waals surface area contributed by atoms with Gasteiger partial charge in [-0.1, -0.05) is 54.6 Å². The number of carbonyl (C=O) groups excluding carboxylic acids is 2. The number of para-hydroxylation sites is 1. The van der Waals surface area contributed by atoms with Crippen LogP contribution in [0, 0.1) is 4.91 Å². The number of nitrogens with one attached hydrogen (secondary N) is 1. The van der Waals surface area contributed by atoms with Crippen LogP contribution in [0.4, 0.5) is 16.2 Å². The van der Waals surface area contributed by atoms with Gasteiger partial charge in [0.15, 0.2) is 0 Å². The molecule has 0 radical (unpaired) electrons. The molecule has 0 saturated carbocycles. The summed E-state index contributed by atoms with van der Waals surface area (Å²) in [5.74, 6) is 4.83. The van der Waals surface area contributed by atoms with E-state index in [-0.39, 0.29) is 11.3 Å². The summed E-state index contributed by atoms with van der Waals surface area (Å²) in [6.45, 7) is 0. The van der Waals surface area contributed by atoms with E-state index in [2.05, 4.69) is 10.5 Å². The highest BCUT2D eigenvalue weighted by Crippen LogP contribution is 2.23. The molecule has 0 bridgehead atoms. The second-order valence-corrected chi connectivity index (χ2v) is 5.66. The van der Waals surface area contributed by atoms with Crippen molar-refractivity contribution in [2.24, 2.45) is 11.0 Å². The van der Waals surface area contributed by atoms with Gasteiger partial charge in [0.05, 0.1) is 11.3 Å². The smallest absolute Gasteiger partial charge is 0.306 e. The van der Waals surface area contributed by atoms with Crippen LogP contribution in [0.15, 0.2) is 84.0 Å². The number of nitrogens with two attached hydrogens (primary N) is 1. The molecule has 7 heteroatoms. The van der Waals surface area contributed by atoms with Gasteiger partial charge in [-0.2, -0.15) is 0 Å². The van der Waals surface area contributed by atoms with Gasteiger partial charge in [-0.25, -0.2) is 15.6 Å². The van der Waals surface area contributed by atoms with E-state index in [9.17, 15) is 14.5 Å². The number of amides is 3. The van der Waals surface area contributed by atoms with Crippen molar-refractivity contribution >= 4 is 23.3 Å². The van der Waals surface area contributed by atoms with Crippen molar-refractivity contribution in [2.75, 3.05) is 10.3 Å². The average molecular weight is 360 g/mol. The first-order valence-electron chi connectivity index (χ1n) is 8.08. The fraction of sp³-hybridized carbons (Fsp3) is 0. The molecule has 0 aromatic heterocycles. The van der Waals surface area contributed by atoms with E-state index in [0.717, 1.165) is 16.1 Å². The summed E-state index contributed by atoms with van der Waals surface area (Å²) in [7, 11) is 0. The van der Waals surface area contributed by atoms with Gasteiger partial charge in [0, 0.05) is 10.9 Å². The minimum atomic E-state index is -0.999. The van der Waals surface area contributed by atoms with Crippen LogP contribution >= 0.6 is 0 Å². The molecule has 3 aromatic rings. The molecule has 134 valence electrons. The Labute approximate surface area is 155 Å². The van der Waals surface area contributed by atoms with Crippen LogP contribution in [0.25, 0.3) is 11.1 Å². The van der Waals surface area contributed by atoms with Crippen LogP contribution in [0.1, 0.15) is 10.4 Å². The molecular formula is C20H16N4O3. The van der Waals surface area contributed by atoms with Crippen molar-refractivity contribution in [2.45, 2.75) is 0 Å². The zero-order chi connectivity index (χ0) is 19.2. The second kappa shape index (κ2) is 8.03. The topological polar surface area (TPSA) is 105 Å². The number of rotatable bonds is 4. The number of hydrogen-bond acceptors (Lipinski definition) is 4. The number of hydrazine groups is 1. The molecule has 0 spiro atoms. The van der Waals surface area contributed by atoms with Gasteiger partial charge in [-0.15, -0.1) is 4.91 Å². The zero-order valence-corrected chi connectivity index (χ0v) is 14.2. The third kappa shape index (κ3) is 4.05. The Bertz CT molecular complexity index is 972. The highest BCUT2D eigenvalue weighted by molar-refractivity contribution is 6.07. The predicted molar refractivity (Wildman–Crippen MR) is 104 cm³/mol. The summed E-state index contributed by atoms with van der Waals surface area (Å²) in [4.78, 5) is 34.5. The summed E-state index contributed by atoms with van der Waals surface area (Å²) in [6.07, 6.45) is 0. The Morgan fingerprint density at radius 2 is 1.41 bits per heavy atom. The Kier molecular flexibility index (Phi) is 5.34. The summed E-state index contributed by atoms with van der Waals surface area (Å²) in [5.41, 5.74) is 2.63. The van der Waals surface area contributed by atoms with Crippen LogP contribution in [-0.2, 0) is 0 Å². The number of carbonyl (C=O) groups is 2. The van der Waals surface area contributed by atoms with E-state index in [1.54, 1.807) is 24.3 Å². The van der Waals surface area contributed by atoms with Crippen molar-refractivity contribution in [1.29, 1.82) is 0 Å². The van der Waals surface area contributed by atoms with Gasteiger partial charge in [0.2, 0.25) is 0 Å². The van der Waals surface area contributed by atoms with E-state index in [1.807, 2.05) is 42.5 Å². The normalized spacial score (nSPS) is 10.1. The molecule has 0 fully saturated rings. The highest BCUT2D eigenvalue weighted by atomic mass is 16.3. The lowest BCUT2D eigenvalue weighted by molar-refractivity contribution is 0.100. The molecule has 3 N–H and O–H groups in total. The van der Waals surface area contributed by atoms with Crippen LogP contribution in [0.2, 0.25) is 0 Å². The van der Waals surface area contributed by atoms with Gasteiger partial charge in [-0.05, 0) is 35.4 Å². The van der Waals surface area contributed by atoms with Crippen molar-refractivity contribution in [3.8, 4) is 11.1 Å². The summed E-state index contributed by atoms with van der Waals surface area (Å²) >= 11 is 0. The van der Waals surface area contributed by atoms with E-state index < -0.39 is 11.9 Å². The maximum Gasteiger partial charge on any atom is 0.340 e. The molecule has 0 unspecified atom stereocenters. The fourth-order valence-electron chi connectivity index (χ4n) is 2.58.